The normalized spacial score (nSPS) is 21.2. The Morgan fingerprint density at radius 3 is 2.31 bits per heavy atom. The third-order valence-corrected chi connectivity index (χ3v) is 8.24. The molecule has 0 aliphatic carbocycles. The lowest BCUT2D eigenvalue weighted by Crippen LogP contribution is -2.64. The van der Waals surface area contributed by atoms with Crippen LogP contribution in [0.4, 0.5) is 10.5 Å². The fourth-order valence-corrected chi connectivity index (χ4v) is 6.03. The summed E-state index contributed by atoms with van der Waals surface area (Å²) < 4.78 is 1.73. The fourth-order valence-electron chi connectivity index (χ4n) is 5.22. The number of tetrazole rings is 1. The van der Waals surface area contributed by atoms with Crippen LogP contribution in [0.2, 0.25) is 0 Å². The average Bonchev–Trinajstić information content (AvgIpc) is 3.61. The van der Waals surface area contributed by atoms with Crippen LogP contribution in [0.25, 0.3) is 5.69 Å². The van der Waals surface area contributed by atoms with E-state index in [-0.39, 0.29) is 5.91 Å². The molecule has 39 heavy (non-hydrogen) atoms. The highest BCUT2D eigenvalue weighted by molar-refractivity contribution is 7.99. The molecule has 1 aromatic heterocycles. The van der Waals surface area contributed by atoms with Gasteiger partial charge in [-0.2, -0.15) is 4.68 Å². The smallest absolute Gasteiger partial charge is 0.325 e. The van der Waals surface area contributed by atoms with Crippen LogP contribution in [0.15, 0.2) is 70.8 Å². The molecular weight excluding hydrogens is 516 g/mol. The predicted molar refractivity (Wildman–Crippen MR) is 148 cm³/mol. The number of thioether (sulfide) groups is 1. The SMILES string of the molecule is CN1C(=O)NC(=O)C2C1N=C(N1CCN(c3ccccc3)CC1)N2CCCSc1nnnn1-c1ccccc1. The van der Waals surface area contributed by atoms with E-state index in [1.54, 1.807) is 23.5 Å². The molecule has 12 nitrogen and oxygen atoms in total. The minimum Gasteiger partial charge on any atom is -0.368 e. The van der Waals surface area contributed by atoms with Crippen molar-refractivity contribution in [2.24, 2.45) is 4.99 Å². The number of fused-ring (bicyclic) bond motifs is 1. The molecule has 2 aromatic carbocycles. The molecule has 0 bridgehead atoms. The number of rotatable bonds is 7. The van der Waals surface area contributed by atoms with Crippen LogP contribution in [0.5, 0.6) is 0 Å². The number of aromatic nitrogens is 4. The summed E-state index contributed by atoms with van der Waals surface area (Å²) in [5, 5.41) is 15.4. The van der Waals surface area contributed by atoms with Crippen LogP contribution in [0, 0.1) is 0 Å². The third-order valence-electron chi connectivity index (χ3n) is 7.24. The molecule has 2 atom stereocenters. The number of aliphatic imine (C=N–C) groups is 1. The van der Waals surface area contributed by atoms with E-state index in [1.807, 2.05) is 36.4 Å². The Kier molecular flexibility index (Phi) is 7.05. The Morgan fingerprint density at radius 2 is 1.59 bits per heavy atom. The number of nitrogens with zero attached hydrogens (tertiary/aromatic N) is 9. The van der Waals surface area contributed by atoms with Gasteiger partial charge in [-0.15, -0.1) is 5.10 Å². The van der Waals surface area contributed by atoms with Gasteiger partial charge in [0.15, 0.2) is 18.2 Å². The monoisotopic (exact) mass is 546 g/mol. The predicted octanol–water partition coefficient (Wildman–Crippen LogP) is 1.51. The van der Waals surface area contributed by atoms with E-state index in [0.717, 1.165) is 50.0 Å². The number of urea groups is 1. The molecule has 4 heterocycles. The van der Waals surface area contributed by atoms with Crippen LogP contribution < -0.4 is 10.2 Å². The van der Waals surface area contributed by atoms with Crippen LogP contribution in [0.1, 0.15) is 6.42 Å². The van der Waals surface area contributed by atoms with Gasteiger partial charge in [-0.3, -0.25) is 10.1 Å². The second-order valence-corrected chi connectivity index (χ2v) is 10.7. The van der Waals surface area contributed by atoms with E-state index in [4.69, 9.17) is 4.99 Å². The van der Waals surface area contributed by atoms with Crippen LogP contribution in [-0.2, 0) is 4.79 Å². The van der Waals surface area contributed by atoms with Crippen molar-refractivity contribution in [1.82, 2.24) is 40.2 Å². The summed E-state index contributed by atoms with van der Waals surface area (Å²) in [6.45, 7) is 3.89. The average molecular weight is 547 g/mol. The Labute approximate surface area is 230 Å². The van der Waals surface area contributed by atoms with Crippen LogP contribution in [-0.4, -0.2) is 111 Å². The summed E-state index contributed by atoms with van der Waals surface area (Å²) in [6, 6.07) is 19.2. The molecule has 13 heteroatoms. The maximum absolute atomic E-state index is 13.0. The fraction of sp³-hybridized carbons (Fsp3) is 0.385. The second-order valence-electron chi connectivity index (χ2n) is 9.61. The van der Waals surface area contributed by atoms with E-state index in [9.17, 15) is 9.59 Å². The van der Waals surface area contributed by atoms with Gasteiger partial charge >= 0.3 is 6.03 Å². The van der Waals surface area contributed by atoms with E-state index in [2.05, 4.69) is 59.8 Å². The molecule has 3 aromatic rings. The number of para-hydroxylation sites is 2. The molecule has 2 unspecified atom stereocenters. The number of anilines is 1. The number of nitrogens with one attached hydrogen (secondary N) is 1. The summed E-state index contributed by atoms with van der Waals surface area (Å²) in [7, 11) is 1.69. The van der Waals surface area contributed by atoms with Crippen molar-refractivity contribution in [2.75, 3.05) is 50.4 Å². The summed E-state index contributed by atoms with van der Waals surface area (Å²) in [6.07, 6.45) is 0.246. The van der Waals surface area contributed by atoms with Crippen molar-refractivity contribution in [3.05, 3.63) is 60.7 Å². The zero-order valence-corrected chi connectivity index (χ0v) is 22.4. The molecule has 3 aliphatic heterocycles. The number of likely N-dealkylation sites (N-methyl/N-ethyl adjacent to an activating group) is 1. The van der Waals surface area contributed by atoms with Crippen LogP contribution in [0.3, 0.4) is 0 Å². The quantitative estimate of drug-likeness (QED) is 0.348. The number of benzene rings is 2. The first-order chi connectivity index (χ1) is 19.1. The van der Waals surface area contributed by atoms with Crippen molar-refractivity contribution < 1.29 is 9.59 Å². The van der Waals surface area contributed by atoms with Gasteiger partial charge in [0.1, 0.15) is 0 Å². The van der Waals surface area contributed by atoms with Crippen molar-refractivity contribution in [2.45, 2.75) is 23.8 Å². The second kappa shape index (κ2) is 10.9. The van der Waals surface area contributed by atoms with Crippen LogP contribution >= 0.6 is 11.8 Å². The number of hydrogen-bond acceptors (Lipinski definition) is 10. The molecule has 0 radical (unpaired) electrons. The molecule has 3 amide bonds. The lowest BCUT2D eigenvalue weighted by atomic mass is 10.1. The Balaban J connectivity index is 1.14. The molecule has 2 fully saturated rings. The highest BCUT2D eigenvalue weighted by atomic mass is 32.2. The Morgan fingerprint density at radius 1 is 0.923 bits per heavy atom. The zero-order chi connectivity index (χ0) is 26.8. The number of hydrogen-bond donors (Lipinski definition) is 1. The number of guanidine groups is 1. The maximum atomic E-state index is 13.0. The van der Waals surface area contributed by atoms with Gasteiger partial charge in [0.05, 0.1) is 5.69 Å². The lowest BCUT2D eigenvalue weighted by Gasteiger charge is -2.41. The van der Waals surface area contributed by atoms with Gasteiger partial charge in [0.2, 0.25) is 5.16 Å². The van der Waals surface area contributed by atoms with E-state index in [1.165, 1.54) is 10.6 Å². The number of carbonyl (C=O) groups is 2. The first-order valence-electron chi connectivity index (χ1n) is 13.0. The van der Waals surface area contributed by atoms with Crippen molar-refractivity contribution in [1.29, 1.82) is 0 Å². The van der Waals surface area contributed by atoms with Gasteiger partial charge in [0.25, 0.3) is 5.91 Å². The summed E-state index contributed by atoms with van der Waals surface area (Å²) in [4.78, 5) is 38.5. The van der Waals surface area contributed by atoms with Crippen molar-refractivity contribution in [3.8, 4) is 5.69 Å². The largest absolute Gasteiger partial charge is 0.368 e. The highest BCUT2D eigenvalue weighted by Gasteiger charge is 2.49. The topological polar surface area (TPSA) is 115 Å². The van der Waals surface area contributed by atoms with Gasteiger partial charge in [-0.05, 0) is 41.1 Å². The summed E-state index contributed by atoms with van der Waals surface area (Å²) in [5.74, 6) is 1.24. The molecule has 3 aliphatic rings. The first kappa shape index (κ1) is 25.2. The summed E-state index contributed by atoms with van der Waals surface area (Å²) >= 11 is 1.57. The van der Waals surface area contributed by atoms with E-state index < -0.39 is 18.2 Å². The van der Waals surface area contributed by atoms with Gasteiger partial charge < -0.3 is 19.6 Å². The molecule has 0 saturated carbocycles. The molecule has 1 N–H and O–H groups in total. The van der Waals surface area contributed by atoms with Crippen molar-refractivity contribution >= 4 is 35.3 Å². The number of amides is 3. The number of piperazine rings is 1. The van der Waals surface area contributed by atoms with Gasteiger partial charge in [0, 0.05) is 51.2 Å². The first-order valence-corrected chi connectivity index (χ1v) is 14.0. The third kappa shape index (κ3) is 5.01. The van der Waals surface area contributed by atoms with Gasteiger partial charge in [-0.1, -0.05) is 48.2 Å². The Bertz CT molecular complexity index is 1340. The van der Waals surface area contributed by atoms with E-state index in [0.29, 0.717) is 11.7 Å². The van der Waals surface area contributed by atoms with E-state index >= 15 is 0 Å². The van der Waals surface area contributed by atoms with Gasteiger partial charge in [-0.25, -0.2) is 9.79 Å². The molecule has 6 rings (SSSR count). The number of imide groups is 1. The van der Waals surface area contributed by atoms with Crippen molar-refractivity contribution in [3.63, 3.8) is 0 Å². The summed E-state index contributed by atoms with van der Waals surface area (Å²) in [5.41, 5.74) is 2.11. The standard InChI is InChI=1S/C26H30N10O2S/c1-32-22-21(23(37)28-25(32)38)35(13-8-18-39-26-29-30-31-36(26)20-11-6-3-7-12-20)24(27-22)34-16-14-33(15-17-34)19-9-4-2-5-10-19/h2-7,9-12,21-22H,8,13-18H2,1H3,(H,28,37,38). The highest BCUT2D eigenvalue weighted by Crippen LogP contribution is 2.28. The molecule has 0 spiro atoms. The minimum absolute atomic E-state index is 0.301. The zero-order valence-electron chi connectivity index (χ0n) is 21.6. The molecule has 2 saturated heterocycles. The maximum Gasteiger partial charge on any atom is 0.325 e. The molecule has 202 valence electrons. The lowest BCUT2D eigenvalue weighted by molar-refractivity contribution is -0.127. The minimum atomic E-state index is -0.547. The Hall–Kier alpha value is -4.13. The number of carbonyl (C=O) groups excluding carboxylic acids is 2. The molecular formula is C26H30N10O2S.